The molecule has 0 saturated carbocycles. The highest BCUT2D eigenvalue weighted by Crippen LogP contribution is 2.13. The fourth-order valence-electron chi connectivity index (χ4n) is 2.64. The molecule has 0 aromatic rings. The first kappa shape index (κ1) is 16.4. The van der Waals surface area contributed by atoms with Crippen LogP contribution in [0.4, 0.5) is 0 Å². The topological polar surface area (TPSA) is 35.6 Å². The van der Waals surface area contributed by atoms with Crippen molar-refractivity contribution < 1.29 is 4.79 Å². The van der Waals surface area contributed by atoms with Crippen LogP contribution in [0.15, 0.2) is 0 Å². The van der Waals surface area contributed by atoms with Crippen LogP contribution in [0.2, 0.25) is 0 Å². The summed E-state index contributed by atoms with van der Waals surface area (Å²) in [5.74, 6) is 0.873. The van der Waals surface area contributed by atoms with Gasteiger partial charge in [0.1, 0.15) is 0 Å². The average Bonchev–Trinajstić information content (AvgIpc) is 2.35. The molecule has 0 spiro atoms. The molecule has 1 N–H and O–H groups in total. The lowest BCUT2D eigenvalue weighted by Gasteiger charge is -2.38. The van der Waals surface area contributed by atoms with Gasteiger partial charge in [-0.1, -0.05) is 20.8 Å². The SMILES string of the molecule is CCCC(=O)NCC(CC(C)C)N1CCN(C)CC1. The Hall–Kier alpha value is -0.610. The third-order valence-corrected chi connectivity index (χ3v) is 3.81. The Labute approximate surface area is 118 Å². The molecule has 112 valence electrons. The number of hydrogen-bond donors (Lipinski definition) is 1. The summed E-state index contributed by atoms with van der Waals surface area (Å²) >= 11 is 0. The summed E-state index contributed by atoms with van der Waals surface area (Å²) in [6.45, 7) is 11.9. The molecule has 0 aromatic heterocycles. The Balaban J connectivity index is 2.44. The van der Waals surface area contributed by atoms with E-state index in [1.807, 2.05) is 6.92 Å². The number of hydrogen-bond acceptors (Lipinski definition) is 3. The number of piperazine rings is 1. The third kappa shape index (κ3) is 6.39. The van der Waals surface area contributed by atoms with Gasteiger partial charge in [-0.15, -0.1) is 0 Å². The van der Waals surface area contributed by atoms with Crippen LogP contribution in [0.5, 0.6) is 0 Å². The molecule has 0 aliphatic carbocycles. The predicted octanol–water partition coefficient (Wildman–Crippen LogP) is 1.56. The van der Waals surface area contributed by atoms with Crippen molar-refractivity contribution in [3.8, 4) is 0 Å². The molecule has 0 radical (unpaired) electrons. The molecule has 0 aromatic carbocycles. The van der Waals surface area contributed by atoms with E-state index in [1.54, 1.807) is 0 Å². The van der Waals surface area contributed by atoms with Crippen molar-refractivity contribution >= 4 is 5.91 Å². The van der Waals surface area contributed by atoms with E-state index in [4.69, 9.17) is 0 Å². The molecule has 4 heteroatoms. The van der Waals surface area contributed by atoms with Gasteiger partial charge in [-0.05, 0) is 25.8 Å². The summed E-state index contributed by atoms with van der Waals surface area (Å²) in [6, 6.07) is 0.495. The van der Waals surface area contributed by atoms with Crippen LogP contribution < -0.4 is 5.32 Å². The van der Waals surface area contributed by atoms with E-state index in [2.05, 4.69) is 36.0 Å². The van der Waals surface area contributed by atoms with Crippen LogP contribution in [0.1, 0.15) is 40.0 Å². The smallest absolute Gasteiger partial charge is 0.220 e. The summed E-state index contributed by atoms with van der Waals surface area (Å²) in [5.41, 5.74) is 0. The number of likely N-dealkylation sites (N-methyl/N-ethyl adjacent to an activating group) is 1. The molecule has 1 fully saturated rings. The summed E-state index contributed by atoms with van der Waals surface area (Å²) in [4.78, 5) is 16.6. The van der Waals surface area contributed by atoms with Gasteiger partial charge in [0.15, 0.2) is 0 Å². The van der Waals surface area contributed by atoms with Gasteiger partial charge in [-0.3, -0.25) is 9.69 Å². The first-order valence-corrected chi connectivity index (χ1v) is 7.72. The molecule has 1 unspecified atom stereocenters. The summed E-state index contributed by atoms with van der Waals surface area (Å²) in [5, 5.41) is 3.10. The van der Waals surface area contributed by atoms with E-state index in [1.165, 1.54) is 0 Å². The normalized spacial score (nSPS) is 19.6. The highest BCUT2D eigenvalue weighted by atomic mass is 16.1. The number of carbonyl (C=O) groups excluding carboxylic acids is 1. The molecule has 1 aliphatic heterocycles. The number of nitrogens with zero attached hydrogens (tertiary/aromatic N) is 2. The van der Waals surface area contributed by atoms with Crippen LogP contribution in [-0.2, 0) is 4.79 Å². The molecule has 1 rings (SSSR count). The van der Waals surface area contributed by atoms with Gasteiger partial charge in [0.05, 0.1) is 0 Å². The van der Waals surface area contributed by atoms with Crippen molar-refractivity contribution in [2.45, 2.75) is 46.1 Å². The highest BCUT2D eigenvalue weighted by molar-refractivity contribution is 5.75. The second kappa shape index (κ2) is 8.54. The fraction of sp³-hybridized carbons (Fsp3) is 0.933. The largest absolute Gasteiger partial charge is 0.355 e. The maximum atomic E-state index is 11.6. The van der Waals surface area contributed by atoms with Gasteiger partial charge in [0.2, 0.25) is 5.91 Å². The van der Waals surface area contributed by atoms with Gasteiger partial charge >= 0.3 is 0 Å². The Morgan fingerprint density at radius 2 is 1.84 bits per heavy atom. The minimum absolute atomic E-state index is 0.199. The summed E-state index contributed by atoms with van der Waals surface area (Å²) < 4.78 is 0. The maximum Gasteiger partial charge on any atom is 0.220 e. The first-order chi connectivity index (χ1) is 9.02. The standard InChI is InChI=1S/C15H31N3O/c1-5-6-15(19)16-12-14(11-13(2)3)18-9-7-17(4)8-10-18/h13-14H,5-12H2,1-4H3,(H,16,19). The second-order valence-corrected chi connectivity index (χ2v) is 6.18. The van der Waals surface area contributed by atoms with Crippen LogP contribution in [0.25, 0.3) is 0 Å². The van der Waals surface area contributed by atoms with Crippen molar-refractivity contribution in [2.75, 3.05) is 39.8 Å². The van der Waals surface area contributed by atoms with Crippen LogP contribution in [0.3, 0.4) is 0 Å². The van der Waals surface area contributed by atoms with Gasteiger partial charge in [-0.25, -0.2) is 0 Å². The van der Waals surface area contributed by atoms with Gasteiger partial charge in [-0.2, -0.15) is 0 Å². The van der Waals surface area contributed by atoms with Crippen LogP contribution in [-0.4, -0.2) is 61.5 Å². The molecule has 0 bridgehead atoms. The van der Waals surface area contributed by atoms with E-state index in [0.29, 0.717) is 18.4 Å². The molecular formula is C15H31N3O. The molecule has 1 heterocycles. The minimum atomic E-state index is 0.199. The van der Waals surface area contributed by atoms with Crippen LogP contribution >= 0.6 is 0 Å². The predicted molar refractivity (Wildman–Crippen MR) is 80.2 cm³/mol. The number of rotatable bonds is 7. The Morgan fingerprint density at radius 3 is 2.37 bits per heavy atom. The maximum absolute atomic E-state index is 11.6. The van der Waals surface area contributed by atoms with E-state index in [0.717, 1.165) is 45.6 Å². The minimum Gasteiger partial charge on any atom is -0.355 e. The molecule has 1 amide bonds. The van der Waals surface area contributed by atoms with Gasteiger partial charge in [0.25, 0.3) is 0 Å². The Morgan fingerprint density at radius 1 is 1.21 bits per heavy atom. The molecular weight excluding hydrogens is 238 g/mol. The zero-order valence-electron chi connectivity index (χ0n) is 13.1. The number of nitrogens with one attached hydrogen (secondary N) is 1. The van der Waals surface area contributed by atoms with E-state index >= 15 is 0 Å². The second-order valence-electron chi connectivity index (χ2n) is 6.18. The number of amides is 1. The monoisotopic (exact) mass is 269 g/mol. The first-order valence-electron chi connectivity index (χ1n) is 7.72. The van der Waals surface area contributed by atoms with Gasteiger partial charge in [0, 0.05) is 45.2 Å². The lowest BCUT2D eigenvalue weighted by Crippen LogP contribution is -2.52. The fourth-order valence-corrected chi connectivity index (χ4v) is 2.64. The van der Waals surface area contributed by atoms with E-state index in [-0.39, 0.29) is 5.91 Å². The Kier molecular flexibility index (Phi) is 7.39. The summed E-state index contributed by atoms with van der Waals surface area (Å²) in [6.07, 6.45) is 2.74. The third-order valence-electron chi connectivity index (χ3n) is 3.81. The molecule has 4 nitrogen and oxygen atoms in total. The quantitative estimate of drug-likeness (QED) is 0.762. The number of carbonyl (C=O) groups is 1. The van der Waals surface area contributed by atoms with Crippen molar-refractivity contribution in [3.63, 3.8) is 0 Å². The van der Waals surface area contributed by atoms with Crippen molar-refractivity contribution in [3.05, 3.63) is 0 Å². The van der Waals surface area contributed by atoms with Gasteiger partial charge < -0.3 is 10.2 Å². The molecule has 1 aliphatic rings. The summed E-state index contributed by atoms with van der Waals surface area (Å²) in [7, 11) is 2.18. The van der Waals surface area contributed by atoms with E-state index in [9.17, 15) is 4.79 Å². The molecule has 1 atom stereocenters. The van der Waals surface area contributed by atoms with Crippen molar-refractivity contribution in [2.24, 2.45) is 5.92 Å². The lowest BCUT2D eigenvalue weighted by atomic mass is 10.0. The molecule has 19 heavy (non-hydrogen) atoms. The van der Waals surface area contributed by atoms with Crippen molar-refractivity contribution in [1.82, 2.24) is 15.1 Å². The zero-order chi connectivity index (χ0) is 14.3. The van der Waals surface area contributed by atoms with E-state index < -0.39 is 0 Å². The van der Waals surface area contributed by atoms with Crippen LogP contribution in [0, 0.1) is 5.92 Å². The zero-order valence-corrected chi connectivity index (χ0v) is 13.1. The molecule has 1 saturated heterocycles. The highest BCUT2D eigenvalue weighted by Gasteiger charge is 2.23. The van der Waals surface area contributed by atoms with Crippen molar-refractivity contribution in [1.29, 1.82) is 0 Å². The average molecular weight is 269 g/mol. The Bertz CT molecular complexity index is 260. The lowest BCUT2D eigenvalue weighted by molar-refractivity contribution is -0.121.